The number of aromatic nitrogens is 1. The Hall–Kier alpha value is -1.12. The summed E-state index contributed by atoms with van der Waals surface area (Å²) in [6.45, 7) is 1.96. The van der Waals surface area contributed by atoms with Crippen molar-refractivity contribution in [1.29, 1.82) is 0 Å². The Balaban J connectivity index is 2.22. The van der Waals surface area contributed by atoms with E-state index in [1.165, 1.54) is 0 Å². The molecule has 0 aliphatic heterocycles. The highest BCUT2D eigenvalue weighted by molar-refractivity contribution is 6.35. The minimum atomic E-state index is 0.332. The van der Waals surface area contributed by atoms with E-state index in [0.29, 0.717) is 28.6 Å². The SMILES string of the molecule is Cc1cc(O)c(CCc2c(Cl)cccc2Cl)n1C. The van der Waals surface area contributed by atoms with E-state index in [1.54, 1.807) is 6.07 Å². The van der Waals surface area contributed by atoms with Crippen LogP contribution in [-0.2, 0) is 19.9 Å². The Morgan fingerprint density at radius 1 is 1.17 bits per heavy atom. The van der Waals surface area contributed by atoms with Crippen LogP contribution in [0.1, 0.15) is 17.0 Å². The highest BCUT2D eigenvalue weighted by atomic mass is 35.5. The number of nitrogens with zero attached hydrogens (tertiary/aromatic N) is 1. The van der Waals surface area contributed by atoms with E-state index in [0.717, 1.165) is 17.0 Å². The molecule has 0 aliphatic carbocycles. The van der Waals surface area contributed by atoms with Crippen LogP contribution in [0, 0.1) is 6.92 Å². The van der Waals surface area contributed by atoms with Gasteiger partial charge in [-0.05, 0) is 37.5 Å². The molecule has 2 nitrogen and oxygen atoms in total. The van der Waals surface area contributed by atoms with E-state index in [9.17, 15) is 5.11 Å². The largest absolute Gasteiger partial charge is 0.506 e. The second kappa shape index (κ2) is 5.25. The number of hydrogen-bond donors (Lipinski definition) is 1. The first-order valence-electron chi connectivity index (χ1n) is 5.77. The number of aryl methyl sites for hydroxylation is 1. The molecule has 4 heteroatoms. The summed E-state index contributed by atoms with van der Waals surface area (Å²) < 4.78 is 1.99. The third-order valence-corrected chi connectivity index (χ3v) is 3.96. The molecule has 0 amide bonds. The molecule has 0 saturated heterocycles. The molecule has 0 saturated carbocycles. The third kappa shape index (κ3) is 2.50. The van der Waals surface area contributed by atoms with Gasteiger partial charge >= 0.3 is 0 Å². The summed E-state index contributed by atoms with van der Waals surface area (Å²) in [6, 6.07) is 7.26. The van der Waals surface area contributed by atoms with Crippen LogP contribution in [0.3, 0.4) is 0 Å². The highest BCUT2D eigenvalue weighted by Gasteiger charge is 2.11. The molecule has 1 N–H and O–H groups in total. The maximum absolute atomic E-state index is 9.84. The van der Waals surface area contributed by atoms with Crippen molar-refractivity contribution in [3.63, 3.8) is 0 Å². The molecular formula is C14H15Cl2NO. The van der Waals surface area contributed by atoms with E-state index in [-0.39, 0.29) is 0 Å². The maximum atomic E-state index is 9.84. The molecule has 96 valence electrons. The van der Waals surface area contributed by atoms with E-state index < -0.39 is 0 Å². The average Bonchev–Trinajstić information content (AvgIpc) is 2.54. The normalized spacial score (nSPS) is 10.9. The van der Waals surface area contributed by atoms with E-state index in [1.807, 2.05) is 36.7 Å². The summed E-state index contributed by atoms with van der Waals surface area (Å²) in [6.07, 6.45) is 1.42. The van der Waals surface area contributed by atoms with Crippen molar-refractivity contribution in [1.82, 2.24) is 4.57 Å². The van der Waals surface area contributed by atoms with Crippen molar-refractivity contribution in [3.8, 4) is 5.75 Å². The minimum absolute atomic E-state index is 0.332. The summed E-state index contributed by atoms with van der Waals surface area (Å²) in [4.78, 5) is 0. The lowest BCUT2D eigenvalue weighted by molar-refractivity contribution is 0.465. The molecule has 0 unspecified atom stereocenters. The molecular weight excluding hydrogens is 269 g/mol. The van der Waals surface area contributed by atoms with Gasteiger partial charge in [0.25, 0.3) is 0 Å². The van der Waals surface area contributed by atoms with Crippen molar-refractivity contribution in [2.45, 2.75) is 19.8 Å². The molecule has 0 atom stereocenters. The van der Waals surface area contributed by atoms with Crippen LogP contribution in [0.25, 0.3) is 0 Å². The minimum Gasteiger partial charge on any atom is -0.506 e. The first-order valence-corrected chi connectivity index (χ1v) is 6.53. The first-order chi connectivity index (χ1) is 8.50. The lowest BCUT2D eigenvalue weighted by atomic mass is 10.1. The van der Waals surface area contributed by atoms with Crippen LogP contribution >= 0.6 is 23.2 Å². The fourth-order valence-corrected chi connectivity index (χ4v) is 2.66. The highest BCUT2D eigenvalue weighted by Crippen LogP contribution is 2.28. The van der Waals surface area contributed by atoms with Gasteiger partial charge in [-0.15, -0.1) is 0 Å². The molecule has 0 radical (unpaired) electrons. The average molecular weight is 284 g/mol. The zero-order chi connectivity index (χ0) is 13.3. The molecule has 1 heterocycles. The van der Waals surface area contributed by atoms with Gasteiger partial charge in [0.05, 0.1) is 5.69 Å². The van der Waals surface area contributed by atoms with Gasteiger partial charge in [-0.25, -0.2) is 0 Å². The second-order valence-corrected chi connectivity index (χ2v) is 5.19. The second-order valence-electron chi connectivity index (χ2n) is 4.38. The zero-order valence-electron chi connectivity index (χ0n) is 10.4. The van der Waals surface area contributed by atoms with Gasteiger partial charge in [-0.3, -0.25) is 0 Å². The molecule has 0 bridgehead atoms. The lowest BCUT2D eigenvalue weighted by Crippen LogP contribution is -2.01. The molecule has 1 aromatic heterocycles. The fourth-order valence-electron chi connectivity index (χ4n) is 2.07. The van der Waals surface area contributed by atoms with Crippen LogP contribution in [0.4, 0.5) is 0 Å². The molecule has 18 heavy (non-hydrogen) atoms. The quantitative estimate of drug-likeness (QED) is 0.900. The van der Waals surface area contributed by atoms with Gasteiger partial charge in [0.15, 0.2) is 0 Å². The number of rotatable bonds is 3. The van der Waals surface area contributed by atoms with Gasteiger partial charge in [0.2, 0.25) is 0 Å². The van der Waals surface area contributed by atoms with E-state index in [2.05, 4.69) is 0 Å². The van der Waals surface area contributed by atoms with Gasteiger partial charge in [-0.2, -0.15) is 0 Å². The Bertz CT molecular complexity index is 555. The smallest absolute Gasteiger partial charge is 0.136 e. The topological polar surface area (TPSA) is 25.2 Å². The fraction of sp³-hybridized carbons (Fsp3) is 0.286. The molecule has 0 fully saturated rings. The van der Waals surface area contributed by atoms with E-state index in [4.69, 9.17) is 23.2 Å². The van der Waals surface area contributed by atoms with Crippen LogP contribution in [0.15, 0.2) is 24.3 Å². The molecule has 2 aromatic rings. The number of halogens is 2. The van der Waals surface area contributed by atoms with Crippen LogP contribution in [0.5, 0.6) is 5.75 Å². The van der Waals surface area contributed by atoms with Crippen LogP contribution < -0.4 is 0 Å². The third-order valence-electron chi connectivity index (χ3n) is 3.25. The van der Waals surface area contributed by atoms with Gasteiger partial charge in [-0.1, -0.05) is 29.3 Å². The lowest BCUT2D eigenvalue weighted by Gasteiger charge is -2.09. The zero-order valence-corrected chi connectivity index (χ0v) is 11.9. The van der Waals surface area contributed by atoms with Crippen molar-refractivity contribution >= 4 is 23.2 Å². The van der Waals surface area contributed by atoms with Crippen molar-refractivity contribution < 1.29 is 5.11 Å². The predicted octanol–water partition coefficient (Wildman–Crippen LogP) is 4.13. The van der Waals surface area contributed by atoms with Crippen molar-refractivity contribution in [2.75, 3.05) is 0 Å². The maximum Gasteiger partial charge on any atom is 0.136 e. The van der Waals surface area contributed by atoms with Crippen molar-refractivity contribution in [3.05, 3.63) is 51.3 Å². The molecule has 2 rings (SSSR count). The van der Waals surface area contributed by atoms with Gasteiger partial charge in [0.1, 0.15) is 5.75 Å². The van der Waals surface area contributed by atoms with Gasteiger partial charge in [0, 0.05) is 28.9 Å². The Labute approximate surface area is 117 Å². The monoisotopic (exact) mass is 283 g/mol. The van der Waals surface area contributed by atoms with E-state index >= 15 is 0 Å². The summed E-state index contributed by atoms with van der Waals surface area (Å²) in [7, 11) is 1.94. The van der Waals surface area contributed by atoms with Crippen molar-refractivity contribution in [2.24, 2.45) is 7.05 Å². The van der Waals surface area contributed by atoms with Crippen LogP contribution in [-0.4, -0.2) is 9.67 Å². The summed E-state index contributed by atoms with van der Waals surface area (Å²) >= 11 is 12.3. The summed E-state index contributed by atoms with van der Waals surface area (Å²) in [5, 5.41) is 11.2. The standard InChI is InChI=1S/C14H15Cl2NO/c1-9-8-14(18)13(17(9)2)7-6-10-11(15)4-3-5-12(10)16/h3-5,8,18H,6-7H2,1-2H3. The summed E-state index contributed by atoms with van der Waals surface area (Å²) in [5.41, 5.74) is 2.87. The Kier molecular flexibility index (Phi) is 3.88. The first kappa shape index (κ1) is 13.3. The molecule has 1 aromatic carbocycles. The van der Waals surface area contributed by atoms with Crippen LogP contribution in [0.2, 0.25) is 10.0 Å². The molecule has 0 spiro atoms. The predicted molar refractivity (Wildman–Crippen MR) is 75.7 cm³/mol. The number of benzene rings is 1. The summed E-state index contributed by atoms with van der Waals surface area (Å²) in [5.74, 6) is 0.332. The van der Waals surface area contributed by atoms with Gasteiger partial charge < -0.3 is 9.67 Å². The number of hydrogen-bond acceptors (Lipinski definition) is 1. The number of aromatic hydroxyl groups is 1. The Morgan fingerprint density at radius 2 is 1.78 bits per heavy atom. The molecule has 0 aliphatic rings. The Morgan fingerprint density at radius 3 is 2.28 bits per heavy atom.